The van der Waals surface area contributed by atoms with Gasteiger partial charge in [0.25, 0.3) is 0 Å². The van der Waals surface area contributed by atoms with Gasteiger partial charge in [0.2, 0.25) is 0 Å². The van der Waals surface area contributed by atoms with E-state index < -0.39 is 0 Å². The number of nitrogens with one attached hydrogen (secondary N) is 2. The first-order valence-corrected chi connectivity index (χ1v) is 9.44. The number of aliphatic imine (C=N–C) groups is 1. The van der Waals surface area contributed by atoms with Gasteiger partial charge in [-0.2, -0.15) is 0 Å². The zero-order chi connectivity index (χ0) is 19.6. The van der Waals surface area contributed by atoms with Gasteiger partial charge in [0, 0.05) is 18.5 Å². The van der Waals surface area contributed by atoms with Crippen molar-refractivity contribution in [3.8, 4) is 11.5 Å². The van der Waals surface area contributed by atoms with Gasteiger partial charge in [-0.05, 0) is 37.5 Å². The number of phenols is 1. The van der Waals surface area contributed by atoms with Crippen LogP contribution in [0, 0.1) is 0 Å². The first-order chi connectivity index (χ1) is 13.1. The average molecular weight is 502 g/mol. The second-order valence-corrected chi connectivity index (χ2v) is 6.29. The van der Waals surface area contributed by atoms with Gasteiger partial charge in [0.15, 0.2) is 23.2 Å². The fourth-order valence-corrected chi connectivity index (χ4v) is 2.83. The quantitative estimate of drug-likeness (QED) is 0.271. The van der Waals surface area contributed by atoms with Crippen LogP contribution < -0.4 is 15.4 Å². The molecule has 0 fully saturated rings. The van der Waals surface area contributed by atoms with Crippen LogP contribution in [0.25, 0.3) is 0 Å². The van der Waals surface area contributed by atoms with Crippen LogP contribution in [0.4, 0.5) is 0 Å². The SMILES string of the molecule is CCNC(=NCc1ccc(OC)c(O)c1)NCc1cc(C(CC)CC)no1.I. The van der Waals surface area contributed by atoms with Crippen molar-refractivity contribution in [1.82, 2.24) is 15.8 Å². The summed E-state index contributed by atoms with van der Waals surface area (Å²) in [6, 6.07) is 7.28. The standard InChI is InChI=1S/C20H30N4O3.HI/c1-5-15(6-2)17-11-16(27-24-17)13-23-20(21-7-3)22-12-14-8-9-19(26-4)18(25)10-14;/h8-11,15,25H,5-7,12-13H2,1-4H3,(H2,21,22,23);1H. The van der Waals surface area contributed by atoms with Crippen molar-refractivity contribution in [3.05, 3.63) is 41.3 Å². The Balaban J connectivity index is 0.00000392. The number of benzene rings is 1. The molecule has 0 aliphatic rings. The molecule has 2 aromatic rings. The van der Waals surface area contributed by atoms with E-state index in [0.29, 0.717) is 30.7 Å². The zero-order valence-corrected chi connectivity index (χ0v) is 19.3. The molecule has 0 atom stereocenters. The third kappa shape index (κ3) is 6.88. The topological polar surface area (TPSA) is 91.9 Å². The minimum absolute atomic E-state index is 0. The maximum atomic E-state index is 9.88. The molecule has 2 rings (SSSR count). The van der Waals surface area contributed by atoms with Crippen LogP contribution >= 0.6 is 24.0 Å². The van der Waals surface area contributed by atoms with Crippen LogP contribution in [0.5, 0.6) is 11.5 Å². The number of phenolic OH excluding ortho intramolecular Hbond substituents is 1. The van der Waals surface area contributed by atoms with Gasteiger partial charge in [-0.15, -0.1) is 24.0 Å². The third-order valence-corrected chi connectivity index (χ3v) is 4.42. The lowest BCUT2D eigenvalue weighted by Gasteiger charge is -2.10. The lowest BCUT2D eigenvalue weighted by molar-refractivity contribution is 0.368. The van der Waals surface area contributed by atoms with E-state index in [9.17, 15) is 5.11 Å². The van der Waals surface area contributed by atoms with Crippen LogP contribution in [0.1, 0.15) is 56.5 Å². The van der Waals surface area contributed by atoms with E-state index in [-0.39, 0.29) is 29.7 Å². The zero-order valence-electron chi connectivity index (χ0n) is 17.0. The molecule has 28 heavy (non-hydrogen) atoms. The molecule has 0 radical (unpaired) electrons. The molecule has 0 saturated heterocycles. The molecule has 1 heterocycles. The van der Waals surface area contributed by atoms with E-state index >= 15 is 0 Å². The van der Waals surface area contributed by atoms with Crippen molar-refractivity contribution in [2.24, 2.45) is 4.99 Å². The molecule has 0 unspecified atom stereocenters. The molecule has 8 heteroatoms. The summed E-state index contributed by atoms with van der Waals surface area (Å²) in [4.78, 5) is 4.55. The van der Waals surface area contributed by atoms with Crippen LogP contribution in [-0.2, 0) is 13.1 Å². The van der Waals surface area contributed by atoms with Crippen molar-refractivity contribution >= 4 is 29.9 Å². The molecule has 1 aromatic heterocycles. The van der Waals surface area contributed by atoms with Crippen LogP contribution in [0.2, 0.25) is 0 Å². The second kappa shape index (κ2) is 12.5. The first-order valence-electron chi connectivity index (χ1n) is 9.44. The molecule has 3 N–H and O–H groups in total. The number of hydrogen-bond donors (Lipinski definition) is 3. The van der Waals surface area contributed by atoms with E-state index in [1.165, 1.54) is 7.11 Å². The maximum absolute atomic E-state index is 9.88. The molecule has 0 spiro atoms. The second-order valence-electron chi connectivity index (χ2n) is 6.29. The summed E-state index contributed by atoms with van der Waals surface area (Å²) < 4.78 is 10.5. The summed E-state index contributed by atoms with van der Waals surface area (Å²) in [6.45, 7) is 8.02. The fourth-order valence-electron chi connectivity index (χ4n) is 2.83. The van der Waals surface area contributed by atoms with Crippen molar-refractivity contribution < 1.29 is 14.4 Å². The number of methoxy groups -OCH3 is 1. The highest BCUT2D eigenvalue weighted by Gasteiger charge is 2.13. The summed E-state index contributed by atoms with van der Waals surface area (Å²) in [5.74, 6) is 2.45. The summed E-state index contributed by atoms with van der Waals surface area (Å²) in [5, 5.41) is 20.5. The van der Waals surface area contributed by atoms with Crippen LogP contribution in [0.3, 0.4) is 0 Å². The van der Waals surface area contributed by atoms with Gasteiger partial charge >= 0.3 is 0 Å². The number of rotatable bonds is 9. The van der Waals surface area contributed by atoms with Crippen molar-refractivity contribution in [1.29, 1.82) is 0 Å². The number of aromatic hydroxyl groups is 1. The van der Waals surface area contributed by atoms with E-state index in [2.05, 4.69) is 34.6 Å². The van der Waals surface area contributed by atoms with E-state index in [4.69, 9.17) is 9.26 Å². The average Bonchev–Trinajstić information content (AvgIpc) is 3.14. The summed E-state index contributed by atoms with van der Waals surface area (Å²) >= 11 is 0. The minimum atomic E-state index is 0. The number of hydrogen-bond acceptors (Lipinski definition) is 5. The first kappa shape index (κ1) is 24.1. The van der Waals surface area contributed by atoms with Gasteiger partial charge in [0.05, 0.1) is 25.9 Å². The normalized spacial score (nSPS) is 11.2. The largest absolute Gasteiger partial charge is 0.504 e. The summed E-state index contributed by atoms with van der Waals surface area (Å²) in [5.41, 5.74) is 1.90. The molecule has 1 aromatic carbocycles. The highest BCUT2D eigenvalue weighted by Crippen LogP contribution is 2.26. The maximum Gasteiger partial charge on any atom is 0.191 e. The molecular weight excluding hydrogens is 471 g/mol. The third-order valence-electron chi connectivity index (χ3n) is 4.42. The number of guanidine groups is 1. The lowest BCUT2D eigenvalue weighted by Crippen LogP contribution is -2.36. The Labute approximate surface area is 184 Å². The van der Waals surface area contributed by atoms with Crippen molar-refractivity contribution in [2.75, 3.05) is 13.7 Å². The molecule has 156 valence electrons. The Hall–Kier alpha value is -1.97. The van der Waals surface area contributed by atoms with Crippen LogP contribution in [-0.4, -0.2) is 29.9 Å². The Morgan fingerprint density at radius 3 is 2.57 bits per heavy atom. The molecule has 7 nitrogen and oxygen atoms in total. The van der Waals surface area contributed by atoms with Crippen molar-refractivity contribution in [3.63, 3.8) is 0 Å². The van der Waals surface area contributed by atoms with Gasteiger partial charge in [-0.25, -0.2) is 4.99 Å². The van der Waals surface area contributed by atoms with Gasteiger partial charge in [0.1, 0.15) is 0 Å². The number of aromatic nitrogens is 1. The van der Waals surface area contributed by atoms with Crippen molar-refractivity contribution in [2.45, 2.75) is 52.6 Å². The van der Waals surface area contributed by atoms with Crippen LogP contribution in [0.15, 0.2) is 33.8 Å². The minimum Gasteiger partial charge on any atom is -0.504 e. The highest BCUT2D eigenvalue weighted by atomic mass is 127. The summed E-state index contributed by atoms with van der Waals surface area (Å²) in [6.07, 6.45) is 2.10. The number of nitrogens with zero attached hydrogens (tertiary/aromatic N) is 2. The molecular formula is C20H31IN4O3. The van der Waals surface area contributed by atoms with E-state index in [1.807, 2.05) is 19.1 Å². The Morgan fingerprint density at radius 2 is 1.96 bits per heavy atom. The molecule has 0 bridgehead atoms. The van der Waals surface area contributed by atoms with Gasteiger partial charge in [-0.3, -0.25) is 0 Å². The Morgan fingerprint density at radius 1 is 1.21 bits per heavy atom. The fraction of sp³-hybridized carbons (Fsp3) is 0.500. The van der Waals surface area contributed by atoms with E-state index in [1.54, 1.807) is 12.1 Å². The molecule has 0 aliphatic heterocycles. The monoisotopic (exact) mass is 502 g/mol. The summed E-state index contributed by atoms with van der Waals surface area (Å²) in [7, 11) is 1.53. The smallest absolute Gasteiger partial charge is 0.191 e. The molecule has 0 amide bonds. The van der Waals surface area contributed by atoms with Gasteiger partial charge in [-0.1, -0.05) is 25.1 Å². The molecule has 0 saturated carbocycles. The Kier molecular flexibility index (Phi) is 10.7. The molecule has 0 aliphatic carbocycles. The van der Waals surface area contributed by atoms with Gasteiger partial charge < -0.3 is 25.0 Å². The number of ether oxygens (including phenoxy) is 1. The van der Waals surface area contributed by atoms with E-state index in [0.717, 1.165) is 36.4 Å². The predicted molar refractivity (Wildman–Crippen MR) is 122 cm³/mol. The highest BCUT2D eigenvalue weighted by molar-refractivity contribution is 14.0. The predicted octanol–water partition coefficient (Wildman–Crippen LogP) is 4.17. The Bertz CT molecular complexity index is 745. The lowest BCUT2D eigenvalue weighted by atomic mass is 9.99. The number of halogens is 1.